The first-order valence-electron chi connectivity index (χ1n) is 7.70. The first-order valence-corrected chi connectivity index (χ1v) is 7.70. The maximum absolute atomic E-state index is 5.76. The number of benzene rings is 1. The molecule has 112 valence electrons. The van der Waals surface area contributed by atoms with Crippen molar-refractivity contribution in [1.29, 1.82) is 0 Å². The standard InChI is InChI=1S/C17H28N2O/c1-12-13(2)17(20-4)8-7-16(12)14(3)19-11-5-6-15(19)9-10-18/h7-8,14-15H,5-6,9-11,18H2,1-4H3. The van der Waals surface area contributed by atoms with Crippen LogP contribution in [0, 0.1) is 13.8 Å². The lowest BCUT2D eigenvalue weighted by atomic mass is 9.96. The van der Waals surface area contributed by atoms with Crippen molar-refractivity contribution in [3.05, 3.63) is 28.8 Å². The van der Waals surface area contributed by atoms with E-state index in [4.69, 9.17) is 10.5 Å². The summed E-state index contributed by atoms with van der Waals surface area (Å²) in [6.45, 7) is 8.65. The summed E-state index contributed by atoms with van der Waals surface area (Å²) < 4.78 is 5.42. The highest BCUT2D eigenvalue weighted by Gasteiger charge is 2.29. The van der Waals surface area contributed by atoms with Gasteiger partial charge in [0, 0.05) is 12.1 Å². The molecule has 1 heterocycles. The fourth-order valence-electron chi connectivity index (χ4n) is 3.54. The minimum atomic E-state index is 0.457. The highest BCUT2D eigenvalue weighted by atomic mass is 16.5. The average Bonchev–Trinajstić information content (AvgIpc) is 2.90. The molecule has 0 saturated carbocycles. The highest BCUT2D eigenvalue weighted by molar-refractivity contribution is 5.44. The molecule has 0 aliphatic carbocycles. The third-order valence-electron chi connectivity index (χ3n) is 4.87. The summed E-state index contributed by atoms with van der Waals surface area (Å²) in [5.74, 6) is 0.985. The van der Waals surface area contributed by atoms with Crippen LogP contribution in [0.1, 0.15) is 48.9 Å². The van der Waals surface area contributed by atoms with Gasteiger partial charge in [-0.05, 0) is 75.9 Å². The molecule has 20 heavy (non-hydrogen) atoms. The molecule has 0 radical (unpaired) electrons. The molecule has 2 rings (SSSR count). The molecule has 1 aromatic rings. The molecular formula is C17H28N2O. The maximum Gasteiger partial charge on any atom is 0.122 e. The molecule has 2 N–H and O–H groups in total. The Bertz CT molecular complexity index is 459. The van der Waals surface area contributed by atoms with Crippen LogP contribution in [0.5, 0.6) is 5.75 Å². The van der Waals surface area contributed by atoms with Crippen LogP contribution in [-0.2, 0) is 0 Å². The summed E-state index contributed by atoms with van der Waals surface area (Å²) in [5.41, 5.74) is 9.79. The summed E-state index contributed by atoms with van der Waals surface area (Å²) in [5, 5.41) is 0. The maximum atomic E-state index is 5.76. The second kappa shape index (κ2) is 6.59. The van der Waals surface area contributed by atoms with Gasteiger partial charge in [0.15, 0.2) is 0 Å². The van der Waals surface area contributed by atoms with E-state index in [1.54, 1.807) is 7.11 Å². The molecule has 0 spiro atoms. The number of methoxy groups -OCH3 is 1. The van der Waals surface area contributed by atoms with Gasteiger partial charge in [-0.25, -0.2) is 0 Å². The summed E-state index contributed by atoms with van der Waals surface area (Å²) in [6.07, 6.45) is 3.69. The summed E-state index contributed by atoms with van der Waals surface area (Å²) in [7, 11) is 1.74. The van der Waals surface area contributed by atoms with E-state index in [1.165, 1.54) is 36.1 Å². The molecule has 0 aromatic heterocycles. The molecule has 0 bridgehead atoms. The van der Waals surface area contributed by atoms with Crippen LogP contribution in [0.25, 0.3) is 0 Å². The number of ether oxygens (including phenoxy) is 1. The minimum Gasteiger partial charge on any atom is -0.496 e. The van der Waals surface area contributed by atoms with Crippen molar-refractivity contribution in [2.45, 2.75) is 52.1 Å². The zero-order chi connectivity index (χ0) is 14.7. The lowest BCUT2D eigenvalue weighted by Gasteiger charge is -2.32. The third-order valence-corrected chi connectivity index (χ3v) is 4.87. The topological polar surface area (TPSA) is 38.5 Å². The van der Waals surface area contributed by atoms with Gasteiger partial charge < -0.3 is 10.5 Å². The summed E-state index contributed by atoms with van der Waals surface area (Å²) in [4.78, 5) is 2.63. The van der Waals surface area contributed by atoms with E-state index >= 15 is 0 Å². The second-order valence-corrected chi connectivity index (χ2v) is 5.89. The van der Waals surface area contributed by atoms with Gasteiger partial charge in [0.2, 0.25) is 0 Å². The fraction of sp³-hybridized carbons (Fsp3) is 0.647. The Morgan fingerprint density at radius 1 is 1.35 bits per heavy atom. The van der Waals surface area contributed by atoms with E-state index in [0.29, 0.717) is 12.1 Å². The monoisotopic (exact) mass is 276 g/mol. The van der Waals surface area contributed by atoms with Crippen molar-refractivity contribution >= 4 is 0 Å². The lowest BCUT2D eigenvalue weighted by Crippen LogP contribution is -2.34. The van der Waals surface area contributed by atoms with Gasteiger partial charge in [0.1, 0.15) is 5.75 Å². The number of nitrogens with two attached hydrogens (primary N) is 1. The summed E-state index contributed by atoms with van der Waals surface area (Å²) in [6, 6.07) is 5.43. The second-order valence-electron chi connectivity index (χ2n) is 5.89. The largest absolute Gasteiger partial charge is 0.496 e. The molecule has 2 atom stereocenters. The van der Waals surface area contributed by atoms with E-state index in [-0.39, 0.29) is 0 Å². The third kappa shape index (κ3) is 2.84. The minimum absolute atomic E-state index is 0.457. The predicted octanol–water partition coefficient (Wildman–Crippen LogP) is 3.19. The number of hydrogen-bond acceptors (Lipinski definition) is 3. The normalized spacial score (nSPS) is 21.1. The number of rotatable bonds is 5. The zero-order valence-electron chi connectivity index (χ0n) is 13.3. The van der Waals surface area contributed by atoms with Crippen molar-refractivity contribution < 1.29 is 4.74 Å². The van der Waals surface area contributed by atoms with Gasteiger partial charge >= 0.3 is 0 Å². The first-order chi connectivity index (χ1) is 9.60. The fourth-order valence-corrected chi connectivity index (χ4v) is 3.54. The Morgan fingerprint density at radius 3 is 2.75 bits per heavy atom. The average molecular weight is 276 g/mol. The molecule has 1 saturated heterocycles. The van der Waals surface area contributed by atoms with Crippen molar-refractivity contribution in [2.24, 2.45) is 5.73 Å². The lowest BCUT2D eigenvalue weighted by molar-refractivity contribution is 0.185. The molecule has 3 heteroatoms. The van der Waals surface area contributed by atoms with Crippen molar-refractivity contribution in [3.63, 3.8) is 0 Å². The smallest absolute Gasteiger partial charge is 0.122 e. The quantitative estimate of drug-likeness (QED) is 0.897. The molecule has 1 aliphatic rings. The van der Waals surface area contributed by atoms with Gasteiger partial charge in [0.25, 0.3) is 0 Å². The Kier molecular flexibility index (Phi) is 5.06. The van der Waals surface area contributed by atoms with E-state index in [0.717, 1.165) is 18.7 Å². The van der Waals surface area contributed by atoms with Gasteiger partial charge in [0.05, 0.1) is 7.11 Å². The molecule has 1 fully saturated rings. The number of hydrogen-bond donors (Lipinski definition) is 1. The highest BCUT2D eigenvalue weighted by Crippen LogP contribution is 2.34. The van der Waals surface area contributed by atoms with Gasteiger partial charge in [-0.3, -0.25) is 4.90 Å². The van der Waals surface area contributed by atoms with Crippen LogP contribution in [0.4, 0.5) is 0 Å². The Hall–Kier alpha value is -1.06. The van der Waals surface area contributed by atoms with Crippen molar-refractivity contribution in [3.8, 4) is 5.75 Å². The van der Waals surface area contributed by atoms with Crippen LogP contribution in [0.3, 0.4) is 0 Å². The van der Waals surface area contributed by atoms with Crippen LogP contribution >= 0.6 is 0 Å². The molecule has 2 unspecified atom stereocenters. The van der Waals surface area contributed by atoms with Crippen LogP contribution < -0.4 is 10.5 Å². The predicted molar refractivity (Wildman–Crippen MR) is 84.3 cm³/mol. The van der Waals surface area contributed by atoms with E-state index < -0.39 is 0 Å². The molecule has 3 nitrogen and oxygen atoms in total. The molecule has 1 aliphatic heterocycles. The van der Waals surface area contributed by atoms with Crippen molar-refractivity contribution in [2.75, 3.05) is 20.2 Å². The van der Waals surface area contributed by atoms with Crippen LogP contribution in [-0.4, -0.2) is 31.1 Å². The first kappa shape index (κ1) is 15.3. The molecule has 0 amide bonds. The number of nitrogens with zero attached hydrogens (tertiary/aromatic N) is 1. The Labute approximate surface area is 123 Å². The van der Waals surface area contributed by atoms with Crippen molar-refractivity contribution in [1.82, 2.24) is 4.90 Å². The van der Waals surface area contributed by atoms with E-state index in [2.05, 4.69) is 37.8 Å². The Balaban J connectivity index is 2.24. The van der Waals surface area contributed by atoms with Gasteiger partial charge in [-0.2, -0.15) is 0 Å². The SMILES string of the molecule is COc1ccc(C(C)N2CCCC2CCN)c(C)c1C. The molecular weight excluding hydrogens is 248 g/mol. The van der Waals surface area contributed by atoms with E-state index in [9.17, 15) is 0 Å². The van der Waals surface area contributed by atoms with Gasteiger partial charge in [-0.1, -0.05) is 6.07 Å². The summed E-state index contributed by atoms with van der Waals surface area (Å²) >= 11 is 0. The zero-order valence-corrected chi connectivity index (χ0v) is 13.3. The van der Waals surface area contributed by atoms with Gasteiger partial charge in [-0.15, -0.1) is 0 Å². The van der Waals surface area contributed by atoms with E-state index in [1.807, 2.05) is 0 Å². The van der Waals surface area contributed by atoms with Crippen LogP contribution in [0.2, 0.25) is 0 Å². The van der Waals surface area contributed by atoms with Crippen LogP contribution in [0.15, 0.2) is 12.1 Å². The number of likely N-dealkylation sites (tertiary alicyclic amines) is 1. The molecule has 1 aromatic carbocycles. The Morgan fingerprint density at radius 2 is 2.10 bits per heavy atom.